The summed E-state index contributed by atoms with van der Waals surface area (Å²) in [5.74, 6) is -0.140. The van der Waals surface area contributed by atoms with Crippen LogP contribution < -0.4 is 0 Å². The van der Waals surface area contributed by atoms with E-state index in [1.807, 2.05) is 12.1 Å². The second kappa shape index (κ2) is 5.53. The molecule has 0 N–H and O–H groups in total. The van der Waals surface area contributed by atoms with E-state index in [0.29, 0.717) is 26.1 Å². The van der Waals surface area contributed by atoms with Gasteiger partial charge >= 0.3 is 5.97 Å². The molecule has 3 nitrogen and oxygen atoms in total. The highest BCUT2D eigenvalue weighted by Crippen LogP contribution is 2.36. The number of ether oxygens (including phenoxy) is 2. The molecule has 1 heterocycles. The smallest absolute Gasteiger partial charge is 0.316 e. The molecule has 0 saturated carbocycles. The largest absolute Gasteiger partial charge is 0.468 e. The Morgan fingerprint density at radius 2 is 2.11 bits per heavy atom. The molecule has 0 aliphatic carbocycles. The van der Waals surface area contributed by atoms with E-state index in [2.05, 4.69) is 19.1 Å². The Kier molecular flexibility index (Phi) is 4.02. The molecule has 0 atom stereocenters. The number of carbonyl (C=O) groups excluding carboxylic acids is 1. The van der Waals surface area contributed by atoms with Crippen molar-refractivity contribution in [2.75, 3.05) is 20.3 Å². The van der Waals surface area contributed by atoms with Crippen molar-refractivity contribution in [2.24, 2.45) is 0 Å². The third-order valence-corrected chi connectivity index (χ3v) is 3.81. The topological polar surface area (TPSA) is 35.5 Å². The lowest BCUT2D eigenvalue weighted by Gasteiger charge is -2.35. The van der Waals surface area contributed by atoms with E-state index in [-0.39, 0.29) is 5.97 Å². The Hall–Kier alpha value is -1.35. The van der Waals surface area contributed by atoms with Gasteiger partial charge in [-0.05, 0) is 30.4 Å². The number of carbonyl (C=O) groups is 1. The van der Waals surface area contributed by atoms with Crippen molar-refractivity contribution in [3.63, 3.8) is 0 Å². The molecule has 18 heavy (non-hydrogen) atoms. The van der Waals surface area contributed by atoms with Crippen LogP contribution >= 0.6 is 0 Å². The van der Waals surface area contributed by atoms with Gasteiger partial charge in [0.25, 0.3) is 0 Å². The summed E-state index contributed by atoms with van der Waals surface area (Å²) in [6.07, 6.45) is 2.38. The van der Waals surface area contributed by atoms with Gasteiger partial charge in [-0.25, -0.2) is 0 Å². The van der Waals surface area contributed by atoms with Gasteiger partial charge in [0.2, 0.25) is 0 Å². The van der Waals surface area contributed by atoms with Crippen molar-refractivity contribution >= 4 is 5.97 Å². The van der Waals surface area contributed by atoms with E-state index in [9.17, 15) is 4.79 Å². The van der Waals surface area contributed by atoms with Crippen LogP contribution in [0.25, 0.3) is 0 Å². The van der Waals surface area contributed by atoms with E-state index in [4.69, 9.17) is 9.47 Å². The SMILES string of the molecule is CCc1cccc(C2(C(=O)OC)CCOCC2)c1. The summed E-state index contributed by atoms with van der Waals surface area (Å²) in [5, 5.41) is 0. The minimum Gasteiger partial charge on any atom is -0.468 e. The lowest BCUT2D eigenvalue weighted by Crippen LogP contribution is -2.42. The molecule has 0 unspecified atom stereocenters. The summed E-state index contributed by atoms with van der Waals surface area (Å²) in [7, 11) is 1.46. The average Bonchev–Trinajstić information content (AvgIpc) is 2.47. The van der Waals surface area contributed by atoms with Crippen LogP contribution in [-0.2, 0) is 26.1 Å². The predicted octanol–water partition coefficient (Wildman–Crippen LogP) is 2.47. The second-order valence-corrected chi connectivity index (χ2v) is 4.74. The lowest BCUT2D eigenvalue weighted by atomic mass is 9.73. The molecular formula is C15H20O3. The Balaban J connectivity index is 2.41. The van der Waals surface area contributed by atoms with Gasteiger partial charge in [0, 0.05) is 13.2 Å². The maximum Gasteiger partial charge on any atom is 0.316 e. The van der Waals surface area contributed by atoms with Gasteiger partial charge in [0.15, 0.2) is 0 Å². The first-order valence-electron chi connectivity index (χ1n) is 6.48. The number of methoxy groups -OCH3 is 1. The Morgan fingerprint density at radius 3 is 2.72 bits per heavy atom. The van der Waals surface area contributed by atoms with Crippen LogP contribution in [0.2, 0.25) is 0 Å². The molecule has 0 bridgehead atoms. The molecule has 1 aromatic carbocycles. The minimum absolute atomic E-state index is 0.140. The fourth-order valence-electron chi connectivity index (χ4n) is 2.61. The maximum atomic E-state index is 12.2. The fraction of sp³-hybridized carbons (Fsp3) is 0.533. The first-order valence-corrected chi connectivity index (χ1v) is 6.48. The lowest BCUT2D eigenvalue weighted by molar-refractivity contribution is -0.151. The van der Waals surface area contributed by atoms with Crippen LogP contribution in [0.5, 0.6) is 0 Å². The van der Waals surface area contributed by atoms with Gasteiger partial charge < -0.3 is 9.47 Å². The van der Waals surface area contributed by atoms with Crippen LogP contribution in [0.15, 0.2) is 24.3 Å². The summed E-state index contributed by atoms with van der Waals surface area (Å²) in [6, 6.07) is 8.27. The molecule has 2 rings (SSSR count). The second-order valence-electron chi connectivity index (χ2n) is 4.74. The number of esters is 1. The Morgan fingerprint density at radius 1 is 1.39 bits per heavy atom. The summed E-state index contributed by atoms with van der Waals surface area (Å²) < 4.78 is 10.4. The minimum atomic E-state index is -0.516. The zero-order valence-corrected chi connectivity index (χ0v) is 11.1. The molecule has 0 radical (unpaired) electrons. The standard InChI is InChI=1S/C15H20O3/c1-3-12-5-4-6-13(11-12)15(14(16)17-2)7-9-18-10-8-15/h4-6,11H,3,7-10H2,1-2H3. The van der Waals surface area contributed by atoms with E-state index >= 15 is 0 Å². The average molecular weight is 248 g/mol. The monoisotopic (exact) mass is 248 g/mol. The molecule has 1 aliphatic rings. The van der Waals surface area contributed by atoms with Crippen LogP contribution in [-0.4, -0.2) is 26.3 Å². The van der Waals surface area contributed by atoms with E-state index < -0.39 is 5.41 Å². The van der Waals surface area contributed by atoms with Crippen molar-refractivity contribution in [2.45, 2.75) is 31.6 Å². The van der Waals surface area contributed by atoms with E-state index in [0.717, 1.165) is 12.0 Å². The van der Waals surface area contributed by atoms with Crippen LogP contribution in [0.3, 0.4) is 0 Å². The van der Waals surface area contributed by atoms with Gasteiger partial charge in [-0.1, -0.05) is 31.2 Å². The van der Waals surface area contributed by atoms with Gasteiger partial charge in [0.05, 0.1) is 12.5 Å². The highest BCUT2D eigenvalue weighted by molar-refractivity contribution is 5.83. The third-order valence-electron chi connectivity index (χ3n) is 3.81. The zero-order valence-electron chi connectivity index (χ0n) is 11.1. The zero-order chi connectivity index (χ0) is 13.0. The van der Waals surface area contributed by atoms with Gasteiger partial charge in [-0.3, -0.25) is 4.79 Å². The fourth-order valence-corrected chi connectivity index (χ4v) is 2.61. The molecule has 0 spiro atoms. The highest BCUT2D eigenvalue weighted by atomic mass is 16.5. The predicted molar refractivity (Wildman–Crippen MR) is 69.6 cm³/mol. The first kappa shape index (κ1) is 13.1. The summed E-state index contributed by atoms with van der Waals surface area (Å²) in [5.41, 5.74) is 1.80. The highest BCUT2D eigenvalue weighted by Gasteiger charge is 2.42. The van der Waals surface area contributed by atoms with E-state index in [1.165, 1.54) is 12.7 Å². The van der Waals surface area contributed by atoms with Crippen molar-refractivity contribution in [3.05, 3.63) is 35.4 Å². The third kappa shape index (κ3) is 2.27. The van der Waals surface area contributed by atoms with Crippen LogP contribution in [0.1, 0.15) is 30.9 Å². The molecular weight excluding hydrogens is 228 g/mol. The quantitative estimate of drug-likeness (QED) is 0.771. The molecule has 1 fully saturated rings. The molecule has 0 aromatic heterocycles. The number of rotatable bonds is 3. The molecule has 1 aromatic rings. The van der Waals surface area contributed by atoms with Crippen molar-refractivity contribution < 1.29 is 14.3 Å². The molecule has 98 valence electrons. The molecule has 1 aliphatic heterocycles. The summed E-state index contributed by atoms with van der Waals surface area (Å²) in [4.78, 5) is 12.2. The number of hydrogen-bond acceptors (Lipinski definition) is 3. The molecule has 1 saturated heterocycles. The molecule has 3 heteroatoms. The number of hydrogen-bond donors (Lipinski definition) is 0. The van der Waals surface area contributed by atoms with Crippen LogP contribution in [0, 0.1) is 0 Å². The number of benzene rings is 1. The van der Waals surface area contributed by atoms with Gasteiger partial charge in [0.1, 0.15) is 0 Å². The van der Waals surface area contributed by atoms with Crippen molar-refractivity contribution in [1.82, 2.24) is 0 Å². The van der Waals surface area contributed by atoms with Crippen LogP contribution in [0.4, 0.5) is 0 Å². The van der Waals surface area contributed by atoms with Gasteiger partial charge in [-0.2, -0.15) is 0 Å². The van der Waals surface area contributed by atoms with Crippen molar-refractivity contribution in [3.8, 4) is 0 Å². The first-order chi connectivity index (χ1) is 8.73. The number of aryl methyl sites for hydroxylation is 1. The van der Waals surface area contributed by atoms with Crippen molar-refractivity contribution in [1.29, 1.82) is 0 Å². The normalized spacial score (nSPS) is 18.3. The Bertz CT molecular complexity index is 420. The Labute approximate surface area is 108 Å². The molecule has 0 amide bonds. The maximum absolute atomic E-state index is 12.2. The summed E-state index contributed by atoms with van der Waals surface area (Å²) >= 11 is 0. The van der Waals surface area contributed by atoms with E-state index in [1.54, 1.807) is 0 Å². The van der Waals surface area contributed by atoms with Gasteiger partial charge in [-0.15, -0.1) is 0 Å². The summed E-state index contributed by atoms with van der Waals surface area (Å²) in [6.45, 7) is 3.35.